The minimum Gasteiger partial charge on any atom is -0.493 e. The summed E-state index contributed by atoms with van der Waals surface area (Å²) in [5.74, 6) is 0.108. The molecule has 0 aliphatic heterocycles. The Labute approximate surface area is 101 Å². The molecule has 1 unspecified atom stereocenters. The molecule has 0 fully saturated rings. The topological polar surface area (TPSA) is 69.4 Å². The quantitative estimate of drug-likeness (QED) is 0.808. The Hall–Kier alpha value is -1.84. The van der Waals surface area contributed by atoms with Gasteiger partial charge in [-0.3, -0.25) is 9.59 Å². The third-order valence-electron chi connectivity index (χ3n) is 2.36. The van der Waals surface area contributed by atoms with Crippen LogP contribution in [0.1, 0.15) is 19.4 Å². The van der Waals surface area contributed by atoms with E-state index in [1.165, 1.54) is 0 Å². The SMILES string of the molecule is CC(=O)Cc1ccc(OCC(C)C(N)=O)cc1. The molecular formula is C13H17NO3. The van der Waals surface area contributed by atoms with Crippen molar-refractivity contribution in [1.29, 1.82) is 0 Å². The van der Waals surface area contributed by atoms with Gasteiger partial charge in [0.15, 0.2) is 0 Å². The Morgan fingerprint density at radius 1 is 1.29 bits per heavy atom. The molecule has 1 aromatic rings. The second-order valence-corrected chi connectivity index (χ2v) is 4.14. The van der Waals surface area contributed by atoms with E-state index in [1.807, 2.05) is 12.1 Å². The summed E-state index contributed by atoms with van der Waals surface area (Å²) in [6.45, 7) is 3.53. The van der Waals surface area contributed by atoms with Crippen molar-refractivity contribution in [2.75, 3.05) is 6.61 Å². The van der Waals surface area contributed by atoms with Crippen molar-refractivity contribution >= 4 is 11.7 Å². The van der Waals surface area contributed by atoms with Gasteiger partial charge in [-0.2, -0.15) is 0 Å². The van der Waals surface area contributed by atoms with Gasteiger partial charge in [0, 0.05) is 6.42 Å². The standard InChI is InChI=1S/C13H17NO3/c1-9(13(14)16)8-17-12-5-3-11(4-6-12)7-10(2)15/h3-6,9H,7-8H2,1-2H3,(H2,14,16). The van der Waals surface area contributed by atoms with Crippen LogP contribution in [0.25, 0.3) is 0 Å². The molecule has 0 heterocycles. The number of hydrogen-bond acceptors (Lipinski definition) is 3. The first-order valence-corrected chi connectivity index (χ1v) is 5.49. The van der Waals surface area contributed by atoms with E-state index >= 15 is 0 Å². The summed E-state index contributed by atoms with van der Waals surface area (Å²) in [5, 5.41) is 0. The lowest BCUT2D eigenvalue weighted by molar-refractivity contribution is -0.122. The molecule has 1 aromatic carbocycles. The van der Waals surface area contributed by atoms with Crippen LogP contribution in [-0.4, -0.2) is 18.3 Å². The molecule has 1 amide bonds. The molecule has 0 bridgehead atoms. The Morgan fingerprint density at radius 2 is 1.88 bits per heavy atom. The predicted octanol–water partition coefficient (Wildman–Crippen LogP) is 1.32. The molecule has 17 heavy (non-hydrogen) atoms. The van der Waals surface area contributed by atoms with Crippen LogP contribution in [0.15, 0.2) is 24.3 Å². The van der Waals surface area contributed by atoms with Crippen LogP contribution in [0.3, 0.4) is 0 Å². The maximum Gasteiger partial charge on any atom is 0.223 e. The molecule has 2 N–H and O–H groups in total. The van der Waals surface area contributed by atoms with Gasteiger partial charge in [-0.25, -0.2) is 0 Å². The number of carbonyl (C=O) groups excluding carboxylic acids is 2. The van der Waals surface area contributed by atoms with Crippen LogP contribution < -0.4 is 10.5 Å². The van der Waals surface area contributed by atoms with E-state index in [4.69, 9.17) is 10.5 Å². The minimum atomic E-state index is -0.377. The van der Waals surface area contributed by atoms with E-state index in [9.17, 15) is 9.59 Å². The summed E-state index contributed by atoms with van der Waals surface area (Å²) in [6.07, 6.45) is 0.429. The Morgan fingerprint density at radius 3 is 2.35 bits per heavy atom. The van der Waals surface area contributed by atoms with Crippen LogP contribution >= 0.6 is 0 Å². The van der Waals surface area contributed by atoms with Crippen molar-refractivity contribution in [1.82, 2.24) is 0 Å². The zero-order chi connectivity index (χ0) is 12.8. The number of primary amides is 1. The molecule has 0 spiro atoms. The molecule has 0 aliphatic carbocycles. The fourth-order valence-electron chi connectivity index (χ4n) is 1.29. The van der Waals surface area contributed by atoms with Crippen LogP contribution in [-0.2, 0) is 16.0 Å². The second kappa shape index (κ2) is 6.03. The molecule has 0 saturated carbocycles. The Kier molecular flexibility index (Phi) is 4.69. The normalized spacial score (nSPS) is 11.9. The highest BCUT2D eigenvalue weighted by molar-refractivity contribution is 5.78. The van der Waals surface area contributed by atoms with E-state index in [1.54, 1.807) is 26.0 Å². The fraction of sp³-hybridized carbons (Fsp3) is 0.385. The van der Waals surface area contributed by atoms with E-state index in [-0.39, 0.29) is 24.2 Å². The van der Waals surface area contributed by atoms with Gasteiger partial charge in [-0.1, -0.05) is 19.1 Å². The van der Waals surface area contributed by atoms with Gasteiger partial charge in [-0.15, -0.1) is 0 Å². The van der Waals surface area contributed by atoms with Crippen molar-refractivity contribution in [2.24, 2.45) is 11.7 Å². The maximum absolute atomic E-state index is 10.9. The highest BCUT2D eigenvalue weighted by Gasteiger charge is 2.09. The lowest BCUT2D eigenvalue weighted by Crippen LogP contribution is -2.25. The molecule has 1 atom stereocenters. The second-order valence-electron chi connectivity index (χ2n) is 4.14. The monoisotopic (exact) mass is 235 g/mol. The van der Waals surface area contributed by atoms with Crippen molar-refractivity contribution in [3.63, 3.8) is 0 Å². The van der Waals surface area contributed by atoms with Crippen molar-refractivity contribution in [3.8, 4) is 5.75 Å². The summed E-state index contributed by atoms with van der Waals surface area (Å²) in [7, 11) is 0. The zero-order valence-electron chi connectivity index (χ0n) is 10.1. The number of rotatable bonds is 6. The van der Waals surface area contributed by atoms with Crippen molar-refractivity contribution < 1.29 is 14.3 Å². The zero-order valence-corrected chi connectivity index (χ0v) is 10.1. The summed E-state index contributed by atoms with van der Waals surface area (Å²) in [4.78, 5) is 21.7. The van der Waals surface area contributed by atoms with Crippen LogP contribution in [0.5, 0.6) is 5.75 Å². The molecule has 4 nitrogen and oxygen atoms in total. The largest absolute Gasteiger partial charge is 0.493 e. The Bertz CT molecular complexity index is 398. The molecule has 92 valence electrons. The molecule has 0 radical (unpaired) electrons. The number of ether oxygens (including phenoxy) is 1. The highest BCUT2D eigenvalue weighted by Crippen LogP contribution is 2.13. The van der Waals surface area contributed by atoms with Gasteiger partial charge < -0.3 is 10.5 Å². The fourth-order valence-corrected chi connectivity index (χ4v) is 1.29. The molecule has 0 aliphatic rings. The summed E-state index contributed by atoms with van der Waals surface area (Å²) < 4.78 is 5.40. The predicted molar refractivity (Wildman–Crippen MR) is 64.7 cm³/mol. The third kappa shape index (κ3) is 4.68. The molecular weight excluding hydrogens is 218 g/mol. The summed E-state index contributed by atoms with van der Waals surface area (Å²) in [5.41, 5.74) is 6.07. The van der Waals surface area contributed by atoms with Crippen molar-refractivity contribution in [2.45, 2.75) is 20.3 Å². The maximum atomic E-state index is 10.9. The van der Waals surface area contributed by atoms with Gasteiger partial charge >= 0.3 is 0 Å². The molecule has 0 saturated heterocycles. The number of carbonyl (C=O) groups is 2. The van der Waals surface area contributed by atoms with E-state index in [2.05, 4.69) is 0 Å². The first-order chi connectivity index (χ1) is 7.99. The highest BCUT2D eigenvalue weighted by atomic mass is 16.5. The molecule has 4 heteroatoms. The molecule has 1 rings (SSSR count). The minimum absolute atomic E-state index is 0.126. The third-order valence-corrected chi connectivity index (χ3v) is 2.36. The number of Topliss-reactive ketones (excluding diaryl/α,β-unsaturated/α-hetero) is 1. The van der Waals surface area contributed by atoms with Crippen LogP contribution in [0.4, 0.5) is 0 Å². The number of ketones is 1. The van der Waals surface area contributed by atoms with Gasteiger partial charge in [0.25, 0.3) is 0 Å². The smallest absolute Gasteiger partial charge is 0.223 e. The summed E-state index contributed by atoms with van der Waals surface area (Å²) >= 11 is 0. The first-order valence-electron chi connectivity index (χ1n) is 5.49. The van der Waals surface area contributed by atoms with E-state index < -0.39 is 0 Å². The summed E-state index contributed by atoms with van der Waals surface area (Å²) in [6, 6.07) is 7.25. The Balaban J connectivity index is 2.51. The average molecular weight is 235 g/mol. The van der Waals surface area contributed by atoms with Crippen LogP contribution in [0, 0.1) is 5.92 Å². The number of hydrogen-bond donors (Lipinski definition) is 1. The van der Waals surface area contributed by atoms with E-state index in [0.717, 1.165) is 5.56 Å². The van der Waals surface area contributed by atoms with Gasteiger partial charge in [0.2, 0.25) is 5.91 Å². The lowest BCUT2D eigenvalue weighted by atomic mass is 10.1. The molecule has 0 aromatic heterocycles. The number of amides is 1. The number of benzene rings is 1. The number of nitrogens with two attached hydrogens (primary N) is 1. The van der Waals surface area contributed by atoms with Gasteiger partial charge in [0.1, 0.15) is 11.5 Å². The van der Waals surface area contributed by atoms with E-state index in [0.29, 0.717) is 12.2 Å². The van der Waals surface area contributed by atoms with Gasteiger partial charge in [0.05, 0.1) is 12.5 Å². The van der Waals surface area contributed by atoms with Crippen molar-refractivity contribution in [3.05, 3.63) is 29.8 Å². The van der Waals surface area contributed by atoms with Gasteiger partial charge in [-0.05, 0) is 24.6 Å². The average Bonchev–Trinajstić information content (AvgIpc) is 2.26. The van der Waals surface area contributed by atoms with Crippen LogP contribution in [0.2, 0.25) is 0 Å². The lowest BCUT2D eigenvalue weighted by Gasteiger charge is -2.10. The first kappa shape index (κ1) is 13.2.